The Balaban J connectivity index is -0.000000267. The molecule has 89 valence electrons. The molecule has 1 unspecified atom stereocenters. The fraction of sp³-hybridized carbons (Fsp3) is 0.900. The molecule has 0 spiro atoms. The third-order valence-electron chi connectivity index (χ3n) is 1.73. The number of carboxylic acid groups (broad SMARTS) is 1. The van der Waals surface area contributed by atoms with E-state index >= 15 is 0 Å². The summed E-state index contributed by atoms with van der Waals surface area (Å²) >= 11 is 0. The van der Waals surface area contributed by atoms with Gasteiger partial charge in [0.25, 0.3) is 0 Å². The second kappa shape index (κ2) is 15.4. The van der Waals surface area contributed by atoms with Crippen LogP contribution in [0.3, 0.4) is 0 Å². The zero-order valence-electron chi connectivity index (χ0n) is 9.14. The maximum atomic E-state index is 10.3. The molecular formula is C10H20CuO3. The molecule has 1 radical (unpaired) electrons. The maximum Gasteiger partial charge on any atom is 2.00 e. The third-order valence-corrected chi connectivity index (χ3v) is 1.73. The minimum atomic E-state index is -0.893. The molecule has 0 aliphatic heterocycles. The fourth-order valence-electron chi connectivity index (χ4n) is 0.939. The predicted octanol–water partition coefficient (Wildman–Crippen LogP) is 0.317. The SMILES string of the molecule is CCCCC(CC)C(=O)[O-].CC[O-].[Cu+2]. The van der Waals surface area contributed by atoms with Crippen LogP contribution in [0.25, 0.3) is 0 Å². The molecule has 0 saturated carbocycles. The van der Waals surface area contributed by atoms with Gasteiger partial charge in [0, 0.05) is 5.97 Å². The molecule has 0 saturated heterocycles. The van der Waals surface area contributed by atoms with E-state index in [9.17, 15) is 9.90 Å². The Morgan fingerprint density at radius 3 is 1.93 bits per heavy atom. The van der Waals surface area contributed by atoms with Gasteiger partial charge in [-0.05, 0) is 18.8 Å². The summed E-state index contributed by atoms with van der Waals surface area (Å²) in [6, 6.07) is 0. The number of unbranched alkanes of at least 4 members (excludes halogenated alkanes) is 1. The second-order valence-electron chi connectivity index (χ2n) is 2.86. The Morgan fingerprint density at radius 1 is 1.29 bits per heavy atom. The van der Waals surface area contributed by atoms with Gasteiger partial charge in [0.2, 0.25) is 0 Å². The Labute approximate surface area is 97.4 Å². The smallest absolute Gasteiger partial charge is 0.855 e. The van der Waals surface area contributed by atoms with Crippen LogP contribution in [0.5, 0.6) is 0 Å². The topological polar surface area (TPSA) is 63.2 Å². The molecule has 0 N–H and O–H groups in total. The van der Waals surface area contributed by atoms with Crippen LogP contribution in [-0.2, 0) is 21.9 Å². The molecule has 3 nitrogen and oxygen atoms in total. The summed E-state index contributed by atoms with van der Waals surface area (Å²) in [5.41, 5.74) is 0. The minimum Gasteiger partial charge on any atom is -0.855 e. The zero-order valence-corrected chi connectivity index (χ0v) is 10.1. The predicted molar refractivity (Wildman–Crippen MR) is 48.9 cm³/mol. The Kier molecular flexibility index (Phi) is 21.5. The molecule has 14 heavy (non-hydrogen) atoms. The number of rotatable bonds is 5. The summed E-state index contributed by atoms with van der Waals surface area (Å²) < 4.78 is 0. The van der Waals surface area contributed by atoms with Crippen LogP contribution in [0.15, 0.2) is 0 Å². The molecule has 0 aliphatic carbocycles. The van der Waals surface area contributed by atoms with E-state index in [0.717, 1.165) is 19.3 Å². The number of carbonyl (C=O) groups is 1. The first-order valence-corrected chi connectivity index (χ1v) is 4.92. The van der Waals surface area contributed by atoms with E-state index in [-0.39, 0.29) is 29.6 Å². The summed E-state index contributed by atoms with van der Waals surface area (Å²) in [6.45, 7) is 5.51. The van der Waals surface area contributed by atoms with Gasteiger partial charge in [-0.1, -0.05) is 33.6 Å². The van der Waals surface area contributed by atoms with Gasteiger partial charge < -0.3 is 15.0 Å². The molecule has 0 aromatic heterocycles. The molecule has 0 aromatic carbocycles. The van der Waals surface area contributed by atoms with Crippen molar-refractivity contribution in [2.24, 2.45) is 5.92 Å². The Hall–Kier alpha value is -0.0505. The number of aliphatic carboxylic acids is 1. The molecule has 0 amide bonds. The summed E-state index contributed by atoms with van der Waals surface area (Å²) in [4.78, 5) is 10.3. The number of hydrogen-bond acceptors (Lipinski definition) is 3. The summed E-state index contributed by atoms with van der Waals surface area (Å²) in [7, 11) is 0. The van der Waals surface area contributed by atoms with Crippen LogP contribution in [0, 0.1) is 5.92 Å². The van der Waals surface area contributed by atoms with Gasteiger partial charge in [-0.2, -0.15) is 0 Å². The van der Waals surface area contributed by atoms with Crippen LogP contribution >= 0.6 is 0 Å². The van der Waals surface area contributed by atoms with Crippen molar-refractivity contribution in [3.63, 3.8) is 0 Å². The van der Waals surface area contributed by atoms with Crippen LogP contribution < -0.4 is 10.2 Å². The van der Waals surface area contributed by atoms with Crippen molar-refractivity contribution in [1.82, 2.24) is 0 Å². The first-order valence-electron chi connectivity index (χ1n) is 4.92. The number of carboxylic acids is 1. The quantitative estimate of drug-likeness (QED) is 0.661. The van der Waals surface area contributed by atoms with Crippen molar-refractivity contribution in [1.29, 1.82) is 0 Å². The van der Waals surface area contributed by atoms with E-state index in [2.05, 4.69) is 6.92 Å². The summed E-state index contributed by atoms with van der Waals surface area (Å²) in [6.07, 6.45) is 3.52. The molecular weight excluding hydrogens is 232 g/mol. The molecule has 1 atom stereocenters. The Morgan fingerprint density at radius 2 is 1.71 bits per heavy atom. The molecule has 0 aliphatic rings. The van der Waals surface area contributed by atoms with Crippen molar-refractivity contribution in [2.75, 3.05) is 6.61 Å². The maximum absolute atomic E-state index is 10.3. The first kappa shape index (κ1) is 19.5. The second-order valence-corrected chi connectivity index (χ2v) is 2.86. The largest absolute Gasteiger partial charge is 2.00 e. The van der Waals surface area contributed by atoms with Crippen molar-refractivity contribution in [3.05, 3.63) is 0 Å². The van der Waals surface area contributed by atoms with Crippen molar-refractivity contribution < 1.29 is 32.1 Å². The van der Waals surface area contributed by atoms with Crippen LogP contribution in [0.2, 0.25) is 0 Å². The van der Waals surface area contributed by atoms with Crippen LogP contribution in [0.4, 0.5) is 0 Å². The standard InChI is InChI=1S/C8H16O2.C2H5O.Cu/c1-3-5-6-7(4-2)8(9)10;1-2-3;/h7H,3-6H2,1-2H3,(H,9,10);2H2,1H3;/q;-1;+2/p-1. The van der Waals surface area contributed by atoms with Gasteiger partial charge in [-0.25, -0.2) is 0 Å². The van der Waals surface area contributed by atoms with Gasteiger partial charge in [-0.3, -0.25) is 0 Å². The number of hydrogen-bond donors (Lipinski definition) is 0. The van der Waals surface area contributed by atoms with E-state index in [0.29, 0.717) is 6.42 Å². The molecule has 0 aromatic rings. The average molecular weight is 252 g/mol. The van der Waals surface area contributed by atoms with Gasteiger partial charge in [0.1, 0.15) is 0 Å². The zero-order chi connectivity index (χ0) is 10.7. The van der Waals surface area contributed by atoms with Gasteiger partial charge >= 0.3 is 17.1 Å². The van der Waals surface area contributed by atoms with Gasteiger partial charge in [0.15, 0.2) is 0 Å². The molecule has 0 bridgehead atoms. The summed E-state index contributed by atoms with van der Waals surface area (Å²) in [5, 5.41) is 19.3. The third kappa shape index (κ3) is 14.5. The molecule has 0 fully saturated rings. The van der Waals surface area contributed by atoms with E-state index in [1.54, 1.807) is 6.92 Å². The van der Waals surface area contributed by atoms with Crippen molar-refractivity contribution in [2.45, 2.75) is 46.5 Å². The van der Waals surface area contributed by atoms with Crippen molar-refractivity contribution in [3.8, 4) is 0 Å². The van der Waals surface area contributed by atoms with E-state index in [1.165, 1.54) is 0 Å². The van der Waals surface area contributed by atoms with Crippen LogP contribution in [0.1, 0.15) is 46.5 Å². The Bertz CT molecular complexity index is 118. The van der Waals surface area contributed by atoms with Gasteiger partial charge in [0.05, 0.1) is 0 Å². The van der Waals surface area contributed by atoms with E-state index in [4.69, 9.17) is 5.11 Å². The van der Waals surface area contributed by atoms with Gasteiger partial charge in [-0.15, -0.1) is 6.61 Å². The molecule has 0 rings (SSSR count). The molecule has 0 heterocycles. The van der Waals surface area contributed by atoms with Crippen molar-refractivity contribution >= 4 is 5.97 Å². The normalized spacial score (nSPS) is 10.6. The van der Waals surface area contributed by atoms with E-state index < -0.39 is 5.97 Å². The number of carbonyl (C=O) groups excluding carboxylic acids is 1. The minimum absolute atomic E-state index is 0. The fourth-order valence-corrected chi connectivity index (χ4v) is 0.939. The van der Waals surface area contributed by atoms with Crippen LogP contribution in [-0.4, -0.2) is 12.6 Å². The monoisotopic (exact) mass is 251 g/mol. The first-order chi connectivity index (χ1) is 6.13. The van der Waals surface area contributed by atoms with E-state index in [1.807, 2.05) is 6.92 Å². The molecule has 4 heteroatoms. The average Bonchev–Trinajstić information content (AvgIpc) is 2.06. The summed E-state index contributed by atoms with van der Waals surface area (Å²) in [5.74, 6) is -1.11.